The molecule has 0 radical (unpaired) electrons. The Morgan fingerprint density at radius 1 is 1.11 bits per heavy atom. The number of ether oxygens (including phenoxy) is 2. The Morgan fingerprint density at radius 3 is 2.63 bits per heavy atom. The number of hydrogen-bond donors (Lipinski definition) is 0. The van der Waals surface area contributed by atoms with E-state index in [1.165, 1.54) is 0 Å². The molecule has 98 valence electrons. The van der Waals surface area contributed by atoms with E-state index >= 15 is 0 Å². The molecule has 0 spiro atoms. The molecule has 0 saturated carbocycles. The molecule has 0 aliphatic carbocycles. The average Bonchev–Trinajstić information content (AvgIpc) is 2.45. The lowest BCUT2D eigenvalue weighted by Gasteiger charge is -2.09. The van der Waals surface area contributed by atoms with Gasteiger partial charge in [0.05, 0.1) is 7.11 Å². The van der Waals surface area contributed by atoms with E-state index in [0.717, 1.165) is 28.9 Å². The van der Waals surface area contributed by atoms with Crippen molar-refractivity contribution in [3.8, 4) is 11.5 Å². The molecular formula is C16H16O3. The van der Waals surface area contributed by atoms with Gasteiger partial charge >= 0.3 is 0 Å². The lowest BCUT2D eigenvalue weighted by Crippen LogP contribution is -1.97. The Balaban J connectivity index is 2.05. The van der Waals surface area contributed by atoms with Crippen LogP contribution in [0.4, 0.5) is 0 Å². The molecule has 0 aliphatic heterocycles. The van der Waals surface area contributed by atoms with Crippen LogP contribution in [0.15, 0.2) is 42.5 Å². The number of aldehydes is 1. The van der Waals surface area contributed by atoms with Gasteiger partial charge in [0.15, 0.2) is 0 Å². The second-order valence-electron chi connectivity index (χ2n) is 4.28. The first-order valence-corrected chi connectivity index (χ1v) is 6.04. The second-order valence-corrected chi connectivity index (χ2v) is 4.28. The normalized spacial score (nSPS) is 10.0. The van der Waals surface area contributed by atoms with Crippen LogP contribution in [0.2, 0.25) is 0 Å². The average molecular weight is 256 g/mol. The highest BCUT2D eigenvalue weighted by Gasteiger charge is 2.01. The van der Waals surface area contributed by atoms with Crippen molar-refractivity contribution in [3.63, 3.8) is 0 Å². The lowest BCUT2D eigenvalue weighted by atomic mass is 10.1. The first-order valence-electron chi connectivity index (χ1n) is 6.04. The highest BCUT2D eigenvalue weighted by atomic mass is 16.5. The summed E-state index contributed by atoms with van der Waals surface area (Å²) in [6.45, 7) is 2.36. The van der Waals surface area contributed by atoms with Gasteiger partial charge in [0.2, 0.25) is 0 Å². The highest BCUT2D eigenvalue weighted by molar-refractivity contribution is 5.77. The summed E-state index contributed by atoms with van der Waals surface area (Å²) in [6, 6.07) is 13.2. The van der Waals surface area contributed by atoms with Gasteiger partial charge in [0.25, 0.3) is 0 Å². The van der Waals surface area contributed by atoms with Crippen LogP contribution >= 0.6 is 0 Å². The van der Waals surface area contributed by atoms with E-state index in [2.05, 4.69) is 0 Å². The van der Waals surface area contributed by atoms with Crippen LogP contribution in [0.3, 0.4) is 0 Å². The summed E-state index contributed by atoms with van der Waals surface area (Å²) in [4.78, 5) is 10.7. The standard InChI is InChI=1S/C16H16O3/c1-12-8-16(7-6-14(12)10-17)19-11-13-4-3-5-15(9-13)18-2/h3-10H,11H2,1-2H3. The maximum absolute atomic E-state index is 10.7. The number of benzene rings is 2. The molecule has 0 saturated heterocycles. The molecular weight excluding hydrogens is 240 g/mol. The van der Waals surface area contributed by atoms with Gasteiger partial charge in [-0.05, 0) is 48.4 Å². The van der Waals surface area contributed by atoms with Crippen molar-refractivity contribution in [1.29, 1.82) is 0 Å². The van der Waals surface area contributed by atoms with Crippen LogP contribution in [0.1, 0.15) is 21.5 Å². The molecule has 0 unspecified atom stereocenters. The Labute approximate surface area is 112 Å². The first kappa shape index (κ1) is 13.1. The van der Waals surface area contributed by atoms with Crippen molar-refractivity contribution in [2.75, 3.05) is 7.11 Å². The molecule has 3 heteroatoms. The monoisotopic (exact) mass is 256 g/mol. The van der Waals surface area contributed by atoms with Crippen molar-refractivity contribution in [1.82, 2.24) is 0 Å². The fourth-order valence-corrected chi connectivity index (χ4v) is 1.80. The lowest BCUT2D eigenvalue weighted by molar-refractivity contribution is 0.112. The predicted molar refractivity (Wildman–Crippen MR) is 73.9 cm³/mol. The summed E-state index contributed by atoms with van der Waals surface area (Å²) in [6.07, 6.45) is 0.848. The van der Waals surface area contributed by atoms with E-state index in [0.29, 0.717) is 12.2 Å². The fraction of sp³-hybridized carbons (Fsp3) is 0.188. The molecule has 0 aliphatic rings. The van der Waals surface area contributed by atoms with Gasteiger partial charge < -0.3 is 9.47 Å². The molecule has 0 aromatic heterocycles. The number of methoxy groups -OCH3 is 1. The number of aryl methyl sites for hydroxylation is 1. The predicted octanol–water partition coefficient (Wildman–Crippen LogP) is 3.40. The molecule has 2 aromatic carbocycles. The van der Waals surface area contributed by atoms with Crippen molar-refractivity contribution in [2.24, 2.45) is 0 Å². The maximum Gasteiger partial charge on any atom is 0.150 e. The zero-order valence-electron chi connectivity index (χ0n) is 11.1. The van der Waals surface area contributed by atoms with Crippen LogP contribution in [0.5, 0.6) is 11.5 Å². The van der Waals surface area contributed by atoms with Gasteiger partial charge in [0, 0.05) is 5.56 Å². The molecule has 2 aromatic rings. The van der Waals surface area contributed by atoms with Gasteiger partial charge in [-0.15, -0.1) is 0 Å². The zero-order chi connectivity index (χ0) is 13.7. The molecule has 2 rings (SSSR count). The zero-order valence-corrected chi connectivity index (χ0v) is 11.1. The summed E-state index contributed by atoms with van der Waals surface area (Å²) in [7, 11) is 1.64. The van der Waals surface area contributed by atoms with Crippen LogP contribution < -0.4 is 9.47 Å². The van der Waals surface area contributed by atoms with E-state index in [1.807, 2.05) is 37.3 Å². The summed E-state index contributed by atoms with van der Waals surface area (Å²) in [5, 5.41) is 0. The molecule has 0 fully saturated rings. The largest absolute Gasteiger partial charge is 0.497 e. The van der Waals surface area contributed by atoms with Crippen LogP contribution in [-0.4, -0.2) is 13.4 Å². The summed E-state index contributed by atoms with van der Waals surface area (Å²) in [5.74, 6) is 1.57. The van der Waals surface area contributed by atoms with Crippen LogP contribution in [0, 0.1) is 6.92 Å². The Kier molecular flexibility index (Phi) is 4.18. The first-order chi connectivity index (χ1) is 9.22. The summed E-state index contributed by atoms with van der Waals surface area (Å²) in [5.41, 5.74) is 2.64. The quantitative estimate of drug-likeness (QED) is 0.769. The number of rotatable bonds is 5. The summed E-state index contributed by atoms with van der Waals surface area (Å²) >= 11 is 0. The van der Waals surface area contributed by atoms with E-state index in [-0.39, 0.29) is 0 Å². The molecule has 3 nitrogen and oxygen atoms in total. The van der Waals surface area contributed by atoms with Gasteiger partial charge in [0.1, 0.15) is 24.4 Å². The second kappa shape index (κ2) is 6.05. The van der Waals surface area contributed by atoms with Gasteiger partial charge in [-0.3, -0.25) is 4.79 Å². The smallest absolute Gasteiger partial charge is 0.150 e. The van der Waals surface area contributed by atoms with Crippen LogP contribution in [0.25, 0.3) is 0 Å². The minimum atomic E-state index is 0.469. The third kappa shape index (κ3) is 3.35. The number of carbonyl (C=O) groups is 1. The third-order valence-electron chi connectivity index (χ3n) is 2.91. The van der Waals surface area contributed by atoms with E-state index < -0.39 is 0 Å². The van der Waals surface area contributed by atoms with E-state index in [4.69, 9.17) is 9.47 Å². The van der Waals surface area contributed by atoms with Crippen LogP contribution in [-0.2, 0) is 6.61 Å². The number of carbonyl (C=O) groups excluding carboxylic acids is 1. The molecule has 19 heavy (non-hydrogen) atoms. The van der Waals surface area contributed by atoms with E-state index in [9.17, 15) is 4.79 Å². The Hall–Kier alpha value is -2.29. The Morgan fingerprint density at radius 2 is 1.95 bits per heavy atom. The van der Waals surface area contributed by atoms with Crippen molar-refractivity contribution in [2.45, 2.75) is 13.5 Å². The SMILES string of the molecule is COc1cccc(COc2ccc(C=O)c(C)c2)c1. The minimum Gasteiger partial charge on any atom is -0.497 e. The maximum atomic E-state index is 10.7. The highest BCUT2D eigenvalue weighted by Crippen LogP contribution is 2.19. The van der Waals surface area contributed by atoms with Gasteiger partial charge in [-0.2, -0.15) is 0 Å². The molecule has 0 N–H and O–H groups in total. The Bertz CT molecular complexity index is 576. The molecule has 0 bridgehead atoms. The topological polar surface area (TPSA) is 35.5 Å². The summed E-state index contributed by atoms with van der Waals surface area (Å²) < 4.78 is 10.9. The number of hydrogen-bond acceptors (Lipinski definition) is 3. The van der Waals surface area contributed by atoms with Gasteiger partial charge in [-0.1, -0.05) is 12.1 Å². The molecule has 0 heterocycles. The third-order valence-corrected chi connectivity index (χ3v) is 2.91. The van der Waals surface area contributed by atoms with E-state index in [1.54, 1.807) is 19.2 Å². The van der Waals surface area contributed by atoms with Crippen molar-refractivity contribution in [3.05, 3.63) is 59.2 Å². The minimum absolute atomic E-state index is 0.469. The molecule has 0 amide bonds. The van der Waals surface area contributed by atoms with Gasteiger partial charge in [-0.25, -0.2) is 0 Å². The molecule has 0 atom stereocenters. The fourth-order valence-electron chi connectivity index (χ4n) is 1.80. The van der Waals surface area contributed by atoms with Crippen molar-refractivity contribution < 1.29 is 14.3 Å². The van der Waals surface area contributed by atoms with Crippen molar-refractivity contribution >= 4 is 6.29 Å².